The molecule has 0 aliphatic carbocycles. The number of aryl methyl sites for hydroxylation is 1. The minimum absolute atomic E-state index is 0.0789. The van der Waals surface area contributed by atoms with Crippen molar-refractivity contribution in [1.29, 1.82) is 0 Å². The maximum Gasteiger partial charge on any atom is 0.305 e. The Balaban J connectivity index is 2.22. The second-order valence-electron chi connectivity index (χ2n) is 4.51. The molecule has 20 heavy (non-hydrogen) atoms. The lowest BCUT2D eigenvalue weighted by Crippen LogP contribution is -2.47. The Kier molecular flexibility index (Phi) is 4.43. The van der Waals surface area contributed by atoms with Crippen molar-refractivity contribution in [3.8, 4) is 0 Å². The maximum absolute atomic E-state index is 12.4. The summed E-state index contributed by atoms with van der Waals surface area (Å²) in [4.78, 5) is 36.1. The summed E-state index contributed by atoms with van der Waals surface area (Å²) < 4.78 is 1.10. The van der Waals surface area contributed by atoms with Crippen molar-refractivity contribution < 1.29 is 14.7 Å². The standard InChI is InChI=1S/C12H15N3O4S/c1-14-10(16)3-2-9(13-14)12(19)15-4-5-20-7-8(15)6-11(17)18/h2-3,8H,4-7H2,1H3,(H,17,18). The largest absolute Gasteiger partial charge is 0.481 e. The Morgan fingerprint density at radius 3 is 2.90 bits per heavy atom. The predicted octanol–water partition coefficient (Wildman–Crippen LogP) is -0.187. The van der Waals surface area contributed by atoms with Gasteiger partial charge in [-0.05, 0) is 6.07 Å². The summed E-state index contributed by atoms with van der Waals surface area (Å²) in [5.41, 5.74) is -0.132. The molecule has 1 aliphatic rings. The molecule has 1 atom stereocenters. The summed E-state index contributed by atoms with van der Waals surface area (Å²) in [6.45, 7) is 0.492. The van der Waals surface area contributed by atoms with E-state index in [1.165, 1.54) is 24.1 Å². The zero-order chi connectivity index (χ0) is 14.7. The van der Waals surface area contributed by atoms with Gasteiger partial charge < -0.3 is 10.0 Å². The normalized spacial score (nSPS) is 18.9. The molecule has 0 saturated carbocycles. The van der Waals surface area contributed by atoms with Gasteiger partial charge in [0.05, 0.1) is 12.5 Å². The number of thioether (sulfide) groups is 1. The van der Waals surface area contributed by atoms with Crippen LogP contribution in [0.2, 0.25) is 0 Å². The molecule has 2 heterocycles. The van der Waals surface area contributed by atoms with Crippen molar-refractivity contribution in [2.45, 2.75) is 12.5 Å². The molecule has 7 nitrogen and oxygen atoms in total. The molecule has 0 radical (unpaired) electrons. The second-order valence-corrected chi connectivity index (χ2v) is 5.66. The van der Waals surface area contributed by atoms with E-state index >= 15 is 0 Å². The van der Waals surface area contributed by atoms with Crippen molar-refractivity contribution >= 4 is 23.6 Å². The number of carbonyl (C=O) groups excluding carboxylic acids is 1. The van der Waals surface area contributed by atoms with Crippen LogP contribution in [0.3, 0.4) is 0 Å². The molecule has 2 rings (SSSR count). The van der Waals surface area contributed by atoms with Gasteiger partial charge in [0.2, 0.25) is 0 Å². The lowest BCUT2D eigenvalue weighted by atomic mass is 10.1. The van der Waals surface area contributed by atoms with Crippen LogP contribution in [0.25, 0.3) is 0 Å². The Morgan fingerprint density at radius 1 is 1.50 bits per heavy atom. The number of carboxylic acids is 1. The van der Waals surface area contributed by atoms with Gasteiger partial charge in [0.1, 0.15) is 5.69 Å². The average molecular weight is 297 g/mol. The van der Waals surface area contributed by atoms with E-state index in [4.69, 9.17) is 5.11 Å². The van der Waals surface area contributed by atoms with E-state index in [1.807, 2.05) is 0 Å². The SMILES string of the molecule is Cn1nc(C(=O)N2CCSCC2CC(=O)O)ccc1=O. The third-order valence-corrected chi connectivity index (χ3v) is 4.17. The van der Waals surface area contributed by atoms with Gasteiger partial charge in [-0.1, -0.05) is 0 Å². The number of rotatable bonds is 3. The van der Waals surface area contributed by atoms with Crippen molar-refractivity contribution in [2.75, 3.05) is 18.1 Å². The van der Waals surface area contributed by atoms with Gasteiger partial charge in [0.25, 0.3) is 11.5 Å². The van der Waals surface area contributed by atoms with Gasteiger partial charge >= 0.3 is 5.97 Å². The number of carbonyl (C=O) groups is 2. The highest BCUT2D eigenvalue weighted by molar-refractivity contribution is 7.99. The fourth-order valence-corrected chi connectivity index (χ4v) is 3.12. The third-order valence-electron chi connectivity index (χ3n) is 3.08. The number of amides is 1. The molecule has 1 amide bonds. The zero-order valence-electron chi connectivity index (χ0n) is 11.0. The van der Waals surface area contributed by atoms with Gasteiger partial charge in [-0.2, -0.15) is 16.9 Å². The third kappa shape index (κ3) is 3.19. The first kappa shape index (κ1) is 14.6. The Morgan fingerprint density at radius 2 is 2.25 bits per heavy atom. The topological polar surface area (TPSA) is 92.5 Å². The van der Waals surface area contributed by atoms with E-state index in [0.717, 1.165) is 10.4 Å². The van der Waals surface area contributed by atoms with Gasteiger partial charge in [0.15, 0.2) is 0 Å². The smallest absolute Gasteiger partial charge is 0.305 e. The quantitative estimate of drug-likeness (QED) is 0.831. The van der Waals surface area contributed by atoms with E-state index < -0.39 is 5.97 Å². The minimum Gasteiger partial charge on any atom is -0.481 e. The molecule has 1 fully saturated rings. The van der Waals surface area contributed by atoms with Crippen LogP contribution in [0.5, 0.6) is 0 Å². The number of nitrogens with zero attached hydrogens (tertiary/aromatic N) is 3. The molecular weight excluding hydrogens is 282 g/mol. The monoisotopic (exact) mass is 297 g/mol. The van der Waals surface area contributed by atoms with Crippen LogP contribution in [0.15, 0.2) is 16.9 Å². The summed E-state index contributed by atoms with van der Waals surface area (Å²) in [5.74, 6) is 0.119. The van der Waals surface area contributed by atoms with Crippen molar-refractivity contribution in [3.05, 3.63) is 28.2 Å². The maximum atomic E-state index is 12.4. The van der Waals surface area contributed by atoms with Gasteiger partial charge in [-0.3, -0.25) is 14.4 Å². The second kappa shape index (κ2) is 6.08. The molecular formula is C12H15N3O4S. The number of aromatic nitrogens is 2. The van der Waals surface area contributed by atoms with Crippen LogP contribution in [-0.4, -0.2) is 55.8 Å². The summed E-state index contributed by atoms with van der Waals surface area (Å²) in [7, 11) is 1.47. The Bertz CT molecular complexity index is 586. The Labute approximate surface area is 119 Å². The highest BCUT2D eigenvalue weighted by atomic mass is 32.2. The lowest BCUT2D eigenvalue weighted by molar-refractivity contribution is -0.138. The van der Waals surface area contributed by atoms with Crippen LogP contribution in [0.4, 0.5) is 0 Å². The Hall–Kier alpha value is -1.83. The molecule has 1 saturated heterocycles. The van der Waals surface area contributed by atoms with E-state index in [2.05, 4.69) is 5.10 Å². The predicted molar refractivity (Wildman–Crippen MR) is 73.9 cm³/mol. The van der Waals surface area contributed by atoms with E-state index in [1.54, 1.807) is 11.8 Å². The van der Waals surface area contributed by atoms with Crippen LogP contribution < -0.4 is 5.56 Å². The van der Waals surface area contributed by atoms with E-state index in [9.17, 15) is 14.4 Å². The van der Waals surface area contributed by atoms with Crippen molar-refractivity contribution in [3.63, 3.8) is 0 Å². The van der Waals surface area contributed by atoms with E-state index in [0.29, 0.717) is 12.3 Å². The van der Waals surface area contributed by atoms with Gasteiger partial charge in [-0.25, -0.2) is 4.68 Å². The average Bonchev–Trinajstić information content (AvgIpc) is 2.41. The first-order valence-electron chi connectivity index (χ1n) is 6.14. The number of aliphatic carboxylic acids is 1. The molecule has 0 bridgehead atoms. The highest BCUT2D eigenvalue weighted by Gasteiger charge is 2.30. The first-order chi connectivity index (χ1) is 9.49. The van der Waals surface area contributed by atoms with E-state index in [-0.39, 0.29) is 29.6 Å². The summed E-state index contributed by atoms with van der Waals surface area (Å²) >= 11 is 1.63. The van der Waals surface area contributed by atoms with Crippen LogP contribution in [0.1, 0.15) is 16.9 Å². The zero-order valence-corrected chi connectivity index (χ0v) is 11.8. The molecule has 1 unspecified atom stereocenters. The van der Waals surface area contributed by atoms with Gasteiger partial charge in [0, 0.05) is 31.2 Å². The molecule has 108 valence electrons. The number of carboxylic acid groups (broad SMARTS) is 1. The molecule has 1 aromatic rings. The lowest BCUT2D eigenvalue weighted by Gasteiger charge is -2.34. The van der Waals surface area contributed by atoms with Crippen molar-refractivity contribution in [2.24, 2.45) is 7.05 Å². The van der Waals surface area contributed by atoms with Crippen LogP contribution in [-0.2, 0) is 11.8 Å². The van der Waals surface area contributed by atoms with Crippen LogP contribution in [0, 0.1) is 0 Å². The molecule has 1 N–H and O–H groups in total. The van der Waals surface area contributed by atoms with Gasteiger partial charge in [-0.15, -0.1) is 0 Å². The highest BCUT2D eigenvalue weighted by Crippen LogP contribution is 2.20. The summed E-state index contributed by atoms with van der Waals surface area (Å²) in [6, 6.07) is 2.33. The first-order valence-corrected chi connectivity index (χ1v) is 7.29. The van der Waals surface area contributed by atoms with Crippen LogP contribution >= 0.6 is 11.8 Å². The number of hydrogen-bond donors (Lipinski definition) is 1. The number of hydrogen-bond acceptors (Lipinski definition) is 5. The molecule has 1 aromatic heterocycles. The fraction of sp³-hybridized carbons (Fsp3) is 0.500. The molecule has 8 heteroatoms. The fourth-order valence-electron chi connectivity index (χ4n) is 2.06. The summed E-state index contributed by atoms with van der Waals surface area (Å²) in [5, 5.41) is 12.8. The molecule has 1 aliphatic heterocycles. The molecule has 0 aromatic carbocycles. The molecule has 0 spiro atoms. The minimum atomic E-state index is -0.927. The summed E-state index contributed by atoms with van der Waals surface area (Å²) in [6.07, 6.45) is -0.0789. The van der Waals surface area contributed by atoms with Crippen molar-refractivity contribution in [1.82, 2.24) is 14.7 Å².